The molecule has 2 rings (SSSR count). The Kier molecular flexibility index (Phi) is 9.49. The van der Waals surface area contributed by atoms with Crippen molar-refractivity contribution in [3.05, 3.63) is 17.5 Å². The average molecular weight is 391 g/mol. The average Bonchev–Trinajstić information content (AvgIpc) is 3.13. The number of unbranched alkanes of at least 4 members (excludes halogenated alkanes) is 1. The van der Waals surface area contributed by atoms with Crippen molar-refractivity contribution in [3.8, 4) is 0 Å². The van der Waals surface area contributed by atoms with Crippen LogP contribution in [0.15, 0.2) is 6.20 Å². The van der Waals surface area contributed by atoms with Crippen LogP contribution in [0.4, 0.5) is 0 Å². The van der Waals surface area contributed by atoms with E-state index in [1.54, 1.807) is 0 Å². The maximum Gasteiger partial charge on any atom is 0.222 e. The van der Waals surface area contributed by atoms with Crippen LogP contribution in [0.25, 0.3) is 0 Å². The highest BCUT2D eigenvalue weighted by Crippen LogP contribution is 2.35. The van der Waals surface area contributed by atoms with Gasteiger partial charge in [-0.05, 0) is 65.0 Å². The molecule has 1 heterocycles. The maximum absolute atomic E-state index is 12.7. The lowest BCUT2D eigenvalue weighted by atomic mass is 9.82. The van der Waals surface area contributed by atoms with Gasteiger partial charge in [-0.15, -0.1) is 0 Å². The van der Waals surface area contributed by atoms with Crippen molar-refractivity contribution in [3.63, 3.8) is 0 Å². The maximum atomic E-state index is 12.7. The smallest absolute Gasteiger partial charge is 0.222 e. The summed E-state index contributed by atoms with van der Waals surface area (Å²) < 4.78 is 0. The molecule has 1 aliphatic rings. The van der Waals surface area contributed by atoms with E-state index in [0.29, 0.717) is 30.2 Å². The molecule has 28 heavy (non-hydrogen) atoms. The van der Waals surface area contributed by atoms with Gasteiger partial charge in [0, 0.05) is 42.7 Å². The lowest BCUT2D eigenvalue weighted by molar-refractivity contribution is -0.134. The fourth-order valence-electron chi connectivity index (χ4n) is 4.47. The van der Waals surface area contributed by atoms with E-state index >= 15 is 0 Å². The molecule has 1 amide bonds. The molecule has 1 saturated carbocycles. The minimum absolute atomic E-state index is 0.347. The molecule has 5 nitrogen and oxygen atoms in total. The van der Waals surface area contributed by atoms with Crippen LogP contribution in [0, 0.1) is 5.92 Å². The van der Waals surface area contributed by atoms with Crippen molar-refractivity contribution in [1.82, 2.24) is 20.0 Å². The Labute approximate surface area is 172 Å². The minimum Gasteiger partial charge on any atom is -0.340 e. The molecule has 1 fully saturated rings. The van der Waals surface area contributed by atoms with E-state index in [2.05, 4.69) is 54.7 Å². The molecule has 160 valence electrons. The molecule has 0 unspecified atom stereocenters. The third-order valence-corrected chi connectivity index (χ3v) is 6.23. The number of aromatic nitrogens is 2. The summed E-state index contributed by atoms with van der Waals surface area (Å²) in [7, 11) is 2.20. The van der Waals surface area contributed by atoms with Crippen LogP contribution in [-0.4, -0.2) is 52.1 Å². The predicted octanol–water partition coefficient (Wildman–Crippen LogP) is 4.95. The lowest BCUT2D eigenvalue weighted by Gasteiger charge is -2.36. The van der Waals surface area contributed by atoms with Crippen LogP contribution >= 0.6 is 0 Å². The number of carbonyl (C=O) groups excluding carboxylic acids is 1. The summed E-state index contributed by atoms with van der Waals surface area (Å²) in [6, 6.07) is 0.416. The van der Waals surface area contributed by atoms with Gasteiger partial charge in [-0.3, -0.25) is 9.89 Å². The van der Waals surface area contributed by atoms with Gasteiger partial charge in [0.25, 0.3) is 0 Å². The minimum atomic E-state index is 0.347. The standard InChI is InChI=1S/C23H42N4O/c1-6-8-15-26(5)17-20-16-24-25-23(20)19-10-12-21(13-11-19)27(7-2)22(28)14-9-18(3)4/h16,18-19,21H,6-15,17H2,1-5H3,(H,24,25). The highest BCUT2D eigenvalue weighted by Gasteiger charge is 2.30. The third-order valence-electron chi connectivity index (χ3n) is 6.23. The first kappa shape index (κ1) is 22.9. The van der Waals surface area contributed by atoms with Crippen LogP contribution in [0.1, 0.15) is 96.2 Å². The van der Waals surface area contributed by atoms with E-state index < -0.39 is 0 Å². The van der Waals surface area contributed by atoms with Crippen molar-refractivity contribution in [2.75, 3.05) is 20.1 Å². The summed E-state index contributed by atoms with van der Waals surface area (Å²) >= 11 is 0. The van der Waals surface area contributed by atoms with Crippen molar-refractivity contribution < 1.29 is 4.79 Å². The Morgan fingerprint density at radius 3 is 2.57 bits per heavy atom. The summed E-state index contributed by atoms with van der Waals surface area (Å²) in [6.07, 6.45) is 10.7. The number of amides is 1. The highest BCUT2D eigenvalue weighted by atomic mass is 16.2. The van der Waals surface area contributed by atoms with Gasteiger partial charge in [-0.1, -0.05) is 27.2 Å². The fourth-order valence-corrected chi connectivity index (χ4v) is 4.47. The number of H-pyrrole nitrogens is 1. The van der Waals surface area contributed by atoms with E-state index in [1.807, 2.05) is 6.20 Å². The molecule has 0 atom stereocenters. The van der Waals surface area contributed by atoms with Crippen LogP contribution in [0.5, 0.6) is 0 Å². The summed E-state index contributed by atoms with van der Waals surface area (Å²) in [5, 5.41) is 7.65. The summed E-state index contributed by atoms with van der Waals surface area (Å²) in [5.74, 6) is 1.49. The molecule has 1 aromatic heterocycles. The van der Waals surface area contributed by atoms with Crippen molar-refractivity contribution >= 4 is 5.91 Å². The number of nitrogens with one attached hydrogen (secondary N) is 1. The van der Waals surface area contributed by atoms with E-state index in [1.165, 1.54) is 24.1 Å². The van der Waals surface area contributed by atoms with Gasteiger partial charge in [-0.2, -0.15) is 5.10 Å². The normalized spacial score (nSPS) is 20.1. The molecule has 1 aliphatic carbocycles. The molecule has 0 saturated heterocycles. The number of nitrogens with zero attached hydrogens (tertiary/aromatic N) is 3. The van der Waals surface area contributed by atoms with Gasteiger partial charge in [0.05, 0.1) is 6.20 Å². The second-order valence-electron chi connectivity index (χ2n) is 9.02. The molecule has 5 heteroatoms. The van der Waals surface area contributed by atoms with E-state index in [-0.39, 0.29) is 0 Å². The zero-order chi connectivity index (χ0) is 20.5. The third kappa shape index (κ3) is 6.61. The quantitative estimate of drug-likeness (QED) is 0.581. The Balaban J connectivity index is 1.89. The molecule has 1 N–H and O–H groups in total. The zero-order valence-corrected chi connectivity index (χ0v) is 18.8. The Bertz CT molecular complexity index is 575. The van der Waals surface area contributed by atoms with Gasteiger partial charge >= 0.3 is 0 Å². The monoisotopic (exact) mass is 390 g/mol. The van der Waals surface area contributed by atoms with Crippen LogP contribution in [-0.2, 0) is 11.3 Å². The Morgan fingerprint density at radius 1 is 1.25 bits per heavy atom. The molecule has 0 spiro atoms. The van der Waals surface area contributed by atoms with Gasteiger partial charge in [-0.25, -0.2) is 0 Å². The fraction of sp³-hybridized carbons (Fsp3) is 0.826. The Hall–Kier alpha value is -1.36. The molecular formula is C23H42N4O. The first-order valence-corrected chi connectivity index (χ1v) is 11.5. The number of hydrogen-bond donors (Lipinski definition) is 1. The summed E-state index contributed by atoms with van der Waals surface area (Å²) in [5.41, 5.74) is 2.68. The molecule has 0 aliphatic heterocycles. The van der Waals surface area contributed by atoms with Gasteiger partial charge in [0.15, 0.2) is 0 Å². The van der Waals surface area contributed by atoms with Gasteiger partial charge in [0.2, 0.25) is 5.91 Å². The summed E-state index contributed by atoms with van der Waals surface area (Å²) in [6.45, 7) is 11.7. The summed E-state index contributed by atoms with van der Waals surface area (Å²) in [4.78, 5) is 17.2. The van der Waals surface area contributed by atoms with E-state index in [9.17, 15) is 4.79 Å². The number of rotatable bonds is 11. The molecular weight excluding hydrogens is 348 g/mol. The van der Waals surface area contributed by atoms with Gasteiger partial charge in [0.1, 0.15) is 0 Å². The molecule has 0 bridgehead atoms. The first-order valence-electron chi connectivity index (χ1n) is 11.5. The highest BCUT2D eigenvalue weighted by molar-refractivity contribution is 5.76. The van der Waals surface area contributed by atoms with Crippen molar-refractivity contribution in [2.24, 2.45) is 5.92 Å². The lowest BCUT2D eigenvalue weighted by Crippen LogP contribution is -2.42. The van der Waals surface area contributed by atoms with Crippen LogP contribution in [0.3, 0.4) is 0 Å². The van der Waals surface area contributed by atoms with Gasteiger partial charge < -0.3 is 9.80 Å². The number of hydrogen-bond acceptors (Lipinski definition) is 3. The molecule has 0 aromatic carbocycles. The van der Waals surface area contributed by atoms with E-state index in [4.69, 9.17) is 0 Å². The second kappa shape index (κ2) is 11.6. The van der Waals surface area contributed by atoms with Crippen molar-refractivity contribution in [2.45, 2.75) is 97.6 Å². The number of aromatic amines is 1. The first-order chi connectivity index (χ1) is 13.5. The zero-order valence-electron chi connectivity index (χ0n) is 18.8. The predicted molar refractivity (Wildman–Crippen MR) is 116 cm³/mol. The second-order valence-corrected chi connectivity index (χ2v) is 9.02. The number of carbonyl (C=O) groups is 1. The van der Waals surface area contributed by atoms with Crippen molar-refractivity contribution in [1.29, 1.82) is 0 Å². The van der Waals surface area contributed by atoms with Crippen LogP contribution < -0.4 is 0 Å². The van der Waals surface area contributed by atoms with Crippen LogP contribution in [0.2, 0.25) is 0 Å². The Morgan fingerprint density at radius 2 is 1.96 bits per heavy atom. The topological polar surface area (TPSA) is 52.2 Å². The SMILES string of the molecule is CCCCN(C)Cc1cn[nH]c1C1CCC(N(CC)C(=O)CCC(C)C)CC1. The van der Waals surface area contributed by atoms with E-state index in [0.717, 1.165) is 51.7 Å². The largest absolute Gasteiger partial charge is 0.340 e. The molecule has 1 aromatic rings. The molecule has 0 radical (unpaired) electrons.